The molecule has 0 unspecified atom stereocenters. The number of nitrogens with one attached hydrogen (secondary N) is 1. The van der Waals surface area contributed by atoms with Gasteiger partial charge in [-0.15, -0.1) is 0 Å². The molecule has 8 heteroatoms. The van der Waals surface area contributed by atoms with Gasteiger partial charge in [0.05, 0.1) is 6.04 Å². The van der Waals surface area contributed by atoms with E-state index in [2.05, 4.69) is 5.32 Å². The molecular formula is C23H26N2O3S3. The average molecular weight is 475 g/mol. The summed E-state index contributed by atoms with van der Waals surface area (Å²) in [6.07, 6.45) is 0. The van der Waals surface area contributed by atoms with E-state index in [0.717, 1.165) is 16.9 Å². The van der Waals surface area contributed by atoms with E-state index in [1.165, 1.54) is 11.8 Å². The Bertz CT molecular complexity index is 912. The standard InChI is InChI=1S/C23H26N2O3S3/c1-16(2)19-13-30-23(29)25(19)21(27)15-31(28)14-20(26)24-22(17-9-5-3-6-10-17)18-11-7-4-8-12-18/h3-12,16,19,22H,13-15H2,1-2H3,(H,24,26)/t19-,31-/m1/s1. The van der Waals surface area contributed by atoms with Gasteiger partial charge in [-0.05, 0) is 17.0 Å². The molecule has 2 aromatic rings. The van der Waals surface area contributed by atoms with E-state index in [-0.39, 0.29) is 41.3 Å². The highest BCUT2D eigenvalue weighted by molar-refractivity contribution is 8.23. The molecular weight excluding hydrogens is 448 g/mol. The second-order valence-electron chi connectivity index (χ2n) is 7.70. The number of rotatable bonds is 8. The van der Waals surface area contributed by atoms with E-state index >= 15 is 0 Å². The lowest BCUT2D eigenvalue weighted by Gasteiger charge is -2.26. The summed E-state index contributed by atoms with van der Waals surface area (Å²) in [5.74, 6) is -0.0671. The largest absolute Gasteiger partial charge is 0.344 e. The van der Waals surface area contributed by atoms with Gasteiger partial charge >= 0.3 is 0 Å². The maximum absolute atomic E-state index is 12.7. The maximum Gasteiger partial charge on any atom is 0.240 e. The van der Waals surface area contributed by atoms with Crippen LogP contribution < -0.4 is 5.32 Å². The molecule has 1 fully saturated rings. The molecule has 2 amide bonds. The molecule has 31 heavy (non-hydrogen) atoms. The van der Waals surface area contributed by atoms with Gasteiger partial charge in [0.1, 0.15) is 15.8 Å². The average Bonchev–Trinajstić information content (AvgIpc) is 3.15. The normalized spacial score (nSPS) is 17.2. The topological polar surface area (TPSA) is 66.5 Å². The molecule has 2 aromatic carbocycles. The fourth-order valence-electron chi connectivity index (χ4n) is 3.47. The SMILES string of the molecule is CC(C)[C@H]1CSC(=S)N1C(=O)C[S@](=O)CC(=O)NC(c1ccccc1)c1ccccc1. The van der Waals surface area contributed by atoms with Gasteiger partial charge in [0.15, 0.2) is 0 Å². The summed E-state index contributed by atoms with van der Waals surface area (Å²) < 4.78 is 13.1. The highest BCUT2D eigenvalue weighted by atomic mass is 32.2. The van der Waals surface area contributed by atoms with Crippen LogP contribution >= 0.6 is 24.0 Å². The Labute approximate surface area is 195 Å². The van der Waals surface area contributed by atoms with Gasteiger partial charge in [-0.1, -0.05) is 98.5 Å². The molecule has 2 atom stereocenters. The van der Waals surface area contributed by atoms with Crippen LogP contribution in [0, 0.1) is 5.92 Å². The Morgan fingerprint density at radius 1 is 1.06 bits per heavy atom. The molecule has 3 rings (SSSR count). The smallest absolute Gasteiger partial charge is 0.240 e. The number of carbonyl (C=O) groups excluding carboxylic acids is 2. The van der Waals surface area contributed by atoms with Crippen molar-refractivity contribution in [3.8, 4) is 0 Å². The van der Waals surface area contributed by atoms with Crippen LogP contribution in [0.5, 0.6) is 0 Å². The third-order valence-electron chi connectivity index (χ3n) is 5.09. The molecule has 5 nitrogen and oxygen atoms in total. The second-order valence-corrected chi connectivity index (χ2v) is 10.8. The van der Waals surface area contributed by atoms with Crippen molar-refractivity contribution in [1.82, 2.24) is 10.2 Å². The van der Waals surface area contributed by atoms with Crippen molar-refractivity contribution in [3.05, 3.63) is 71.8 Å². The molecule has 0 saturated carbocycles. The molecule has 0 spiro atoms. The van der Waals surface area contributed by atoms with Crippen LogP contribution in [0.15, 0.2) is 60.7 Å². The fraction of sp³-hybridized carbons (Fsp3) is 0.348. The lowest BCUT2D eigenvalue weighted by atomic mass is 9.99. The first-order valence-corrected chi connectivity index (χ1v) is 13.0. The lowest BCUT2D eigenvalue weighted by molar-refractivity contribution is -0.126. The second kappa shape index (κ2) is 11.0. The van der Waals surface area contributed by atoms with E-state index in [1.807, 2.05) is 74.5 Å². The van der Waals surface area contributed by atoms with Crippen LogP contribution in [0.4, 0.5) is 0 Å². The van der Waals surface area contributed by atoms with E-state index in [1.54, 1.807) is 4.90 Å². The van der Waals surface area contributed by atoms with Crippen molar-refractivity contribution < 1.29 is 13.8 Å². The van der Waals surface area contributed by atoms with Crippen molar-refractivity contribution in [2.45, 2.75) is 25.9 Å². The molecule has 1 saturated heterocycles. The summed E-state index contributed by atoms with van der Waals surface area (Å²) in [4.78, 5) is 27.0. The molecule has 0 aliphatic carbocycles. The van der Waals surface area contributed by atoms with Gasteiger partial charge in [0.25, 0.3) is 0 Å². The zero-order chi connectivity index (χ0) is 22.4. The molecule has 0 bridgehead atoms. The van der Waals surface area contributed by atoms with E-state index in [0.29, 0.717) is 4.32 Å². The quantitative estimate of drug-likeness (QED) is 0.593. The van der Waals surface area contributed by atoms with Crippen molar-refractivity contribution in [2.75, 3.05) is 17.3 Å². The van der Waals surface area contributed by atoms with Crippen molar-refractivity contribution in [1.29, 1.82) is 0 Å². The fourth-order valence-corrected chi connectivity index (χ4v) is 6.03. The molecule has 164 valence electrons. The summed E-state index contributed by atoms with van der Waals surface area (Å²) in [5.41, 5.74) is 1.87. The zero-order valence-electron chi connectivity index (χ0n) is 17.5. The molecule has 1 aliphatic rings. The third-order valence-corrected chi connectivity index (χ3v) is 7.75. The Morgan fingerprint density at radius 2 is 1.61 bits per heavy atom. The van der Waals surface area contributed by atoms with Gasteiger partial charge in [0.2, 0.25) is 11.8 Å². The first-order valence-electron chi connectivity index (χ1n) is 10.1. The predicted octanol–water partition coefficient (Wildman–Crippen LogP) is 3.53. The number of nitrogens with zero attached hydrogens (tertiary/aromatic N) is 1. The van der Waals surface area contributed by atoms with Crippen LogP contribution in [0.3, 0.4) is 0 Å². The van der Waals surface area contributed by atoms with Gasteiger partial charge in [-0.3, -0.25) is 18.7 Å². The number of thioether (sulfide) groups is 1. The van der Waals surface area contributed by atoms with Crippen LogP contribution in [-0.4, -0.2) is 48.5 Å². The monoisotopic (exact) mass is 474 g/mol. The summed E-state index contributed by atoms with van der Waals surface area (Å²) in [6, 6.07) is 18.9. The number of thiocarbonyl (C=S) groups is 1. The molecule has 1 heterocycles. The summed E-state index contributed by atoms with van der Waals surface area (Å²) in [6.45, 7) is 4.08. The molecule has 1 aliphatic heterocycles. The maximum atomic E-state index is 12.7. The highest BCUT2D eigenvalue weighted by Crippen LogP contribution is 2.29. The van der Waals surface area contributed by atoms with E-state index < -0.39 is 10.8 Å². The Hall–Kier alpha value is -2.03. The minimum absolute atomic E-state index is 0.0105. The van der Waals surface area contributed by atoms with Crippen LogP contribution in [0.2, 0.25) is 0 Å². The minimum Gasteiger partial charge on any atom is -0.344 e. The number of benzene rings is 2. The number of amides is 2. The van der Waals surface area contributed by atoms with Crippen molar-refractivity contribution in [2.24, 2.45) is 5.92 Å². The van der Waals surface area contributed by atoms with Gasteiger partial charge in [-0.2, -0.15) is 0 Å². The third kappa shape index (κ3) is 6.24. The van der Waals surface area contributed by atoms with Crippen LogP contribution in [0.25, 0.3) is 0 Å². The summed E-state index contributed by atoms with van der Waals surface area (Å²) in [7, 11) is -1.62. The van der Waals surface area contributed by atoms with E-state index in [9.17, 15) is 13.8 Å². The predicted molar refractivity (Wildman–Crippen MR) is 131 cm³/mol. The Morgan fingerprint density at radius 3 is 2.13 bits per heavy atom. The summed E-state index contributed by atoms with van der Waals surface area (Å²) >= 11 is 6.78. The van der Waals surface area contributed by atoms with Crippen LogP contribution in [0.1, 0.15) is 31.0 Å². The molecule has 0 aromatic heterocycles. The summed E-state index contributed by atoms with van der Waals surface area (Å²) in [5, 5.41) is 2.97. The zero-order valence-corrected chi connectivity index (χ0v) is 20.0. The van der Waals surface area contributed by atoms with Crippen molar-refractivity contribution in [3.63, 3.8) is 0 Å². The highest BCUT2D eigenvalue weighted by Gasteiger charge is 2.36. The number of hydrogen-bond acceptors (Lipinski definition) is 5. The lowest BCUT2D eigenvalue weighted by Crippen LogP contribution is -2.44. The van der Waals surface area contributed by atoms with Crippen LogP contribution in [-0.2, 0) is 20.4 Å². The minimum atomic E-state index is -1.62. The van der Waals surface area contributed by atoms with E-state index in [4.69, 9.17) is 12.2 Å². The van der Waals surface area contributed by atoms with Gasteiger partial charge < -0.3 is 5.32 Å². The molecule has 0 radical (unpaired) electrons. The molecule has 1 N–H and O–H groups in total. The first-order chi connectivity index (χ1) is 14.9. The number of hydrogen-bond donors (Lipinski definition) is 1. The van der Waals surface area contributed by atoms with Crippen molar-refractivity contribution >= 4 is 50.9 Å². The number of carbonyl (C=O) groups is 2. The Kier molecular flexibility index (Phi) is 8.40. The Balaban J connectivity index is 1.64. The van der Waals surface area contributed by atoms with Gasteiger partial charge in [-0.25, -0.2) is 0 Å². The first kappa shape index (κ1) is 23.6. The van der Waals surface area contributed by atoms with Gasteiger partial charge in [0, 0.05) is 22.6 Å².